The summed E-state index contributed by atoms with van der Waals surface area (Å²) in [4.78, 5) is 11.0. The molecule has 3 aromatic rings. The standard InChI is InChI=1S/C17H13N3O2S/c1-21-13-7-10(8-18)5-6-12(13)22-16-15-11-3-2-4-14(11)23-17(15)20-9-19-16/h5-7,9H,2-4H2,1H3. The van der Waals surface area contributed by atoms with Gasteiger partial charge in [-0.15, -0.1) is 11.3 Å². The maximum atomic E-state index is 8.99. The first-order valence-electron chi connectivity index (χ1n) is 7.31. The van der Waals surface area contributed by atoms with Crippen molar-refractivity contribution in [3.05, 3.63) is 40.5 Å². The molecule has 114 valence electrons. The van der Waals surface area contributed by atoms with E-state index in [9.17, 15) is 0 Å². The van der Waals surface area contributed by atoms with E-state index < -0.39 is 0 Å². The van der Waals surface area contributed by atoms with Crippen molar-refractivity contribution in [1.29, 1.82) is 5.26 Å². The van der Waals surface area contributed by atoms with E-state index in [1.54, 1.807) is 36.6 Å². The lowest BCUT2D eigenvalue weighted by molar-refractivity contribution is 0.375. The Labute approximate surface area is 137 Å². The molecule has 0 N–H and O–H groups in total. The number of ether oxygens (including phenoxy) is 2. The van der Waals surface area contributed by atoms with Crippen LogP contribution in [0, 0.1) is 11.3 Å². The van der Waals surface area contributed by atoms with Crippen LogP contribution in [0.2, 0.25) is 0 Å². The maximum Gasteiger partial charge on any atom is 0.231 e. The van der Waals surface area contributed by atoms with Crippen molar-refractivity contribution in [2.24, 2.45) is 0 Å². The van der Waals surface area contributed by atoms with Crippen LogP contribution in [0.15, 0.2) is 24.5 Å². The fraction of sp³-hybridized carbons (Fsp3) is 0.235. The van der Waals surface area contributed by atoms with Crippen LogP contribution in [0.1, 0.15) is 22.4 Å². The number of hydrogen-bond donors (Lipinski definition) is 0. The molecule has 1 aromatic carbocycles. The van der Waals surface area contributed by atoms with Crippen molar-refractivity contribution in [3.63, 3.8) is 0 Å². The fourth-order valence-electron chi connectivity index (χ4n) is 2.90. The third-order valence-corrected chi connectivity index (χ3v) is 5.17. The number of nitrogens with zero attached hydrogens (tertiary/aromatic N) is 3. The second-order valence-electron chi connectivity index (χ2n) is 5.30. The second kappa shape index (κ2) is 5.52. The Kier molecular flexibility index (Phi) is 3.36. The normalized spacial score (nSPS) is 12.9. The summed E-state index contributed by atoms with van der Waals surface area (Å²) in [5.74, 6) is 1.62. The van der Waals surface area contributed by atoms with Gasteiger partial charge in [-0.05, 0) is 37.0 Å². The molecule has 2 heterocycles. The SMILES string of the molecule is COc1cc(C#N)ccc1Oc1ncnc2sc3c(c12)CCC3. The number of rotatable bonds is 3. The lowest BCUT2D eigenvalue weighted by atomic mass is 10.2. The van der Waals surface area contributed by atoms with E-state index in [4.69, 9.17) is 14.7 Å². The number of benzene rings is 1. The minimum absolute atomic E-state index is 0.516. The smallest absolute Gasteiger partial charge is 0.231 e. The Morgan fingerprint density at radius 1 is 1.22 bits per heavy atom. The highest BCUT2D eigenvalue weighted by Gasteiger charge is 2.22. The van der Waals surface area contributed by atoms with Gasteiger partial charge in [0.2, 0.25) is 5.88 Å². The molecule has 2 aromatic heterocycles. The van der Waals surface area contributed by atoms with Crippen molar-refractivity contribution in [2.75, 3.05) is 7.11 Å². The van der Waals surface area contributed by atoms with Gasteiger partial charge in [-0.3, -0.25) is 0 Å². The first-order chi connectivity index (χ1) is 11.3. The zero-order chi connectivity index (χ0) is 15.8. The molecule has 6 heteroatoms. The summed E-state index contributed by atoms with van der Waals surface area (Å²) < 4.78 is 11.3. The third kappa shape index (κ3) is 2.30. The van der Waals surface area contributed by atoms with Crippen LogP contribution in [0.4, 0.5) is 0 Å². The minimum atomic E-state index is 0.516. The number of aromatic nitrogens is 2. The molecule has 1 aliphatic rings. The van der Waals surface area contributed by atoms with Crippen molar-refractivity contribution in [2.45, 2.75) is 19.3 Å². The summed E-state index contributed by atoms with van der Waals surface area (Å²) in [5.41, 5.74) is 1.84. The second-order valence-corrected chi connectivity index (χ2v) is 6.38. The van der Waals surface area contributed by atoms with E-state index in [1.807, 2.05) is 0 Å². The average molecular weight is 323 g/mol. The van der Waals surface area contributed by atoms with Crippen molar-refractivity contribution in [1.82, 2.24) is 9.97 Å². The van der Waals surface area contributed by atoms with Gasteiger partial charge < -0.3 is 9.47 Å². The Morgan fingerprint density at radius 2 is 2.13 bits per heavy atom. The van der Waals surface area contributed by atoms with Gasteiger partial charge in [0, 0.05) is 10.9 Å². The van der Waals surface area contributed by atoms with Crippen LogP contribution in [0.5, 0.6) is 17.4 Å². The van der Waals surface area contributed by atoms with E-state index in [2.05, 4.69) is 16.0 Å². The summed E-state index contributed by atoms with van der Waals surface area (Å²) in [6.45, 7) is 0. The van der Waals surface area contributed by atoms with E-state index in [1.165, 1.54) is 23.2 Å². The maximum absolute atomic E-state index is 8.99. The van der Waals surface area contributed by atoms with Gasteiger partial charge in [0.05, 0.1) is 24.1 Å². The molecule has 0 fully saturated rings. The Balaban J connectivity index is 1.81. The number of aryl methyl sites for hydroxylation is 2. The highest BCUT2D eigenvalue weighted by atomic mass is 32.1. The fourth-order valence-corrected chi connectivity index (χ4v) is 4.12. The topological polar surface area (TPSA) is 68.0 Å². The highest BCUT2D eigenvalue weighted by molar-refractivity contribution is 7.18. The lowest BCUT2D eigenvalue weighted by Crippen LogP contribution is -1.95. The zero-order valence-corrected chi connectivity index (χ0v) is 13.3. The number of nitriles is 1. The van der Waals surface area contributed by atoms with Gasteiger partial charge in [0.15, 0.2) is 11.5 Å². The van der Waals surface area contributed by atoms with Crippen LogP contribution in [0.25, 0.3) is 10.2 Å². The molecular weight excluding hydrogens is 310 g/mol. The number of thiophene rings is 1. The highest BCUT2D eigenvalue weighted by Crippen LogP contribution is 2.42. The molecule has 0 spiro atoms. The van der Waals surface area contributed by atoms with E-state index in [0.29, 0.717) is 22.9 Å². The van der Waals surface area contributed by atoms with E-state index in [-0.39, 0.29) is 0 Å². The first-order valence-corrected chi connectivity index (χ1v) is 8.13. The number of methoxy groups -OCH3 is 1. The van der Waals surface area contributed by atoms with Gasteiger partial charge in [0.25, 0.3) is 0 Å². The monoisotopic (exact) mass is 323 g/mol. The quantitative estimate of drug-likeness (QED) is 0.732. The van der Waals surface area contributed by atoms with Gasteiger partial charge in [-0.2, -0.15) is 5.26 Å². The van der Waals surface area contributed by atoms with Crippen LogP contribution in [-0.4, -0.2) is 17.1 Å². The number of hydrogen-bond acceptors (Lipinski definition) is 6. The lowest BCUT2D eigenvalue weighted by Gasteiger charge is -2.10. The van der Waals surface area contributed by atoms with Gasteiger partial charge in [0.1, 0.15) is 11.2 Å². The predicted octanol–water partition coefficient (Wildman–Crippen LogP) is 3.85. The molecule has 0 saturated heterocycles. The van der Waals surface area contributed by atoms with Gasteiger partial charge >= 0.3 is 0 Å². The molecule has 0 amide bonds. The summed E-state index contributed by atoms with van der Waals surface area (Å²) in [6.07, 6.45) is 4.85. The predicted molar refractivity (Wildman–Crippen MR) is 87.2 cm³/mol. The van der Waals surface area contributed by atoms with E-state index in [0.717, 1.165) is 23.1 Å². The molecule has 1 aliphatic carbocycles. The molecule has 0 unspecified atom stereocenters. The Hall–Kier alpha value is -2.65. The third-order valence-electron chi connectivity index (χ3n) is 3.97. The Morgan fingerprint density at radius 3 is 2.96 bits per heavy atom. The molecule has 0 aliphatic heterocycles. The van der Waals surface area contributed by atoms with Crippen LogP contribution >= 0.6 is 11.3 Å². The van der Waals surface area contributed by atoms with E-state index >= 15 is 0 Å². The zero-order valence-electron chi connectivity index (χ0n) is 12.5. The Bertz CT molecular complexity index is 943. The average Bonchev–Trinajstić information content (AvgIpc) is 3.16. The van der Waals surface area contributed by atoms with Crippen molar-refractivity contribution < 1.29 is 9.47 Å². The molecule has 4 rings (SSSR count). The molecular formula is C17H13N3O2S. The summed E-state index contributed by atoms with van der Waals surface area (Å²) >= 11 is 1.72. The van der Waals surface area contributed by atoms with Crippen molar-refractivity contribution >= 4 is 21.6 Å². The first kappa shape index (κ1) is 14.0. The van der Waals surface area contributed by atoms with Crippen LogP contribution in [-0.2, 0) is 12.8 Å². The van der Waals surface area contributed by atoms with Gasteiger partial charge in [-0.25, -0.2) is 9.97 Å². The minimum Gasteiger partial charge on any atom is -0.493 e. The van der Waals surface area contributed by atoms with Crippen molar-refractivity contribution in [3.8, 4) is 23.4 Å². The molecule has 0 bridgehead atoms. The number of fused-ring (bicyclic) bond motifs is 3. The molecule has 5 nitrogen and oxygen atoms in total. The molecule has 0 saturated carbocycles. The molecule has 23 heavy (non-hydrogen) atoms. The van der Waals surface area contributed by atoms with Crippen LogP contribution in [0.3, 0.4) is 0 Å². The summed E-state index contributed by atoms with van der Waals surface area (Å²) in [6, 6.07) is 7.19. The molecule has 0 radical (unpaired) electrons. The largest absolute Gasteiger partial charge is 0.493 e. The summed E-state index contributed by atoms with van der Waals surface area (Å²) in [5, 5.41) is 10.0. The van der Waals surface area contributed by atoms with Crippen LogP contribution < -0.4 is 9.47 Å². The summed E-state index contributed by atoms with van der Waals surface area (Å²) in [7, 11) is 1.56. The van der Waals surface area contributed by atoms with Gasteiger partial charge in [-0.1, -0.05) is 0 Å². The molecule has 0 atom stereocenters.